The van der Waals surface area contributed by atoms with E-state index in [9.17, 15) is 13.2 Å². The van der Waals surface area contributed by atoms with Crippen LogP contribution in [0.25, 0.3) is 16.2 Å². The van der Waals surface area contributed by atoms with E-state index < -0.39 is 10.0 Å². The molecule has 0 saturated heterocycles. The lowest BCUT2D eigenvalue weighted by Crippen LogP contribution is -2.16. The molecule has 0 bridgehead atoms. The summed E-state index contributed by atoms with van der Waals surface area (Å²) in [5.41, 5.74) is 4.41. The Hall–Kier alpha value is -4.09. The van der Waals surface area contributed by atoms with Crippen LogP contribution in [0, 0.1) is 20.8 Å². The third kappa shape index (κ3) is 4.70. The minimum atomic E-state index is -3.89. The molecule has 0 unspecified atom stereocenters. The summed E-state index contributed by atoms with van der Waals surface area (Å²) in [6.45, 7) is 5.39. The minimum absolute atomic E-state index is 0.0125. The Morgan fingerprint density at radius 2 is 1.58 bits per heavy atom. The maximum absolute atomic E-state index is 13.0. The normalized spacial score (nSPS) is 11.5. The highest BCUT2D eigenvalue weighted by molar-refractivity contribution is 7.92. The number of sulfonamides is 1. The van der Waals surface area contributed by atoms with E-state index in [1.807, 2.05) is 47.9 Å². The van der Waals surface area contributed by atoms with Crippen molar-refractivity contribution in [3.05, 3.63) is 88.8 Å². The average molecular weight is 519 g/mol. The Kier molecular flexibility index (Phi) is 6.02. The number of imidazole rings is 1. The van der Waals surface area contributed by atoms with Crippen LogP contribution in [0.3, 0.4) is 0 Å². The van der Waals surface area contributed by atoms with Crippen LogP contribution in [0.2, 0.25) is 0 Å². The van der Waals surface area contributed by atoms with Gasteiger partial charge in [0.05, 0.1) is 10.6 Å². The number of hydrogen-bond donors (Lipinski definition) is 2. The largest absolute Gasteiger partial charge is 0.321 e. The number of fused-ring (bicyclic) bond motifs is 1. The van der Waals surface area contributed by atoms with Crippen LogP contribution >= 0.6 is 11.3 Å². The summed E-state index contributed by atoms with van der Waals surface area (Å²) < 4.78 is 29.8. The molecule has 9 nitrogen and oxygen atoms in total. The Bertz CT molecular complexity index is 1670. The molecule has 0 atom stereocenters. The standard InChI is InChI=1S/C25H22N6O3S2/c1-15-13-16(2)27-24(26-15)30-36(33,34)20-11-9-19(10-12-20)28-23(32)22-17(3)31-14-21(29-25(31)35-22)18-7-5-4-6-8-18/h4-14H,1-3H3,(H,28,32)(H,26,27,30). The molecule has 11 heteroatoms. The fraction of sp³-hybridized carbons (Fsp3) is 0.120. The molecule has 0 spiro atoms. The number of nitrogens with one attached hydrogen (secondary N) is 2. The maximum Gasteiger partial charge on any atom is 0.267 e. The van der Waals surface area contributed by atoms with Gasteiger partial charge >= 0.3 is 0 Å². The van der Waals surface area contributed by atoms with Gasteiger partial charge in [-0.3, -0.25) is 9.20 Å². The molecule has 5 rings (SSSR count). The molecular formula is C25H22N6O3S2. The van der Waals surface area contributed by atoms with Gasteiger partial charge in [-0.25, -0.2) is 28.1 Å². The molecule has 2 N–H and O–H groups in total. The molecule has 1 amide bonds. The van der Waals surface area contributed by atoms with Crippen molar-refractivity contribution in [3.8, 4) is 11.3 Å². The van der Waals surface area contributed by atoms with Gasteiger partial charge in [-0.15, -0.1) is 0 Å². The quantitative estimate of drug-likeness (QED) is 0.332. The van der Waals surface area contributed by atoms with E-state index in [1.165, 1.54) is 35.6 Å². The van der Waals surface area contributed by atoms with Crippen molar-refractivity contribution < 1.29 is 13.2 Å². The zero-order chi connectivity index (χ0) is 25.4. The molecular weight excluding hydrogens is 496 g/mol. The number of amides is 1. The Morgan fingerprint density at radius 3 is 2.22 bits per heavy atom. The first-order valence-corrected chi connectivity index (χ1v) is 13.3. The number of aromatic nitrogens is 4. The molecule has 5 aromatic rings. The van der Waals surface area contributed by atoms with Gasteiger partial charge in [-0.05, 0) is 51.1 Å². The number of aryl methyl sites for hydroxylation is 3. The first-order chi connectivity index (χ1) is 17.2. The van der Waals surface area contributed by atoms with E-state index in [1.54, 1.807) is 19.9 Å². The van der Waals surface area contributed by atoms with Gasteiger partial charge in [0.2, 0.25) is 5.95 Å². The second-order valence-corrected chi connectivity index (χ2v) is 10.9. The topological polar surface area (TPSA) is 118 Å². The zero-order valence-corrected chi connectivity index (χ0v) is 21.3. The number of hydrogen-bond acceptors (Lipinski definition) is 7. The molecule has 0 aliphatic heterocycles. The van der Waals surface area contributed by atoms with Crippen molar-refractivity contribution in [2.45, 2.75) is 25.7 Å². The van der Waals surface area contributed by atoms with Crippen molar-refractivity contribution in [2.24, 2.45) is 0 Å². The highest BCUT2D eigenvalue weighted by atomic mass is 32.2. The van der Waals surface area contributed by atoms with Crippen LogP contribution in [0.4, 0.5) is 11.6 Å². The Labute approximate surface area is 212 Å². The Morgan fingerprint density at radius 1 is 0.917 bits per heavy atom. The van der Waals surface area contributed by atoms with Gasteiger partial charge in [0.15, 0.2) is 4.96 Å². The maximum atomic E-state index is 13.0. The summed E-state index contributed by atoms with van der Waals surface area (Å²) in [5, 5.41) is 2.83. The van der Waals surface area contributed by atoms with Crippen LogP contribution in [-0.4, -0.2) is 33.7 Å². The molecule has 36 heavy (non-hydrogen) atoms. The summed E-state index contributed by atoms with van der Waals surface area (Å²) in [6, 6.07) is 17.5. The number of rotatable bonds is 6. The van der Waals surface area contributed by atoms with Crippen molar-refractivity contribution in [2.75, 3.05) is 10.0 Å². The van der Waals surface area contributed by atoms with Gasteiger partial charge in [-0.2, -0.15) is 0 Å². The molecule has 0 fully saturated rings. The monoisotopic (exact) mass is 518 g/mol. The summed E-state index contributed by atoms with van der Waals surface area (Å²) in [4.78, 5) is 27.1. The zero-order valence-electron chi connectivity index (χ0n) is 19.7. The molecule has 0 aliphatic carbocycles. The first kappa shape index (κ1) is 23.6. The third-order valence-electron chi connectivity index (χ3n) is 5.46. The van der Waals surface area contributed by atoms with E-state index in [0.29, 0.717) is 22.0 Å². The van der Waals surface area contributed by atoms with E-state index in [0.717, 1.165) is 21.9 Å². The first-order valence-electron chi connectivity index (χ1n) is 11.0. The smallest absolute Gasteiger partial charge is 0.267 e. The van der Waals surface area contributed by atoms with E-state index in [4.69, 9.17) is 0 Å². The number of anilines is 2. The lowest BCUT2D eigenvalue weighted by atomic mass is 10.2. The van der Waals surface area contributed by atoms with Crippen LogP contribution in [-0.2, 0) is 10.0 Å². The second-order valence-electron chi connectivity index (χ2n) is 8.22. The molecule has 2 aromatic carbocycles. The summed E-state index contributed by atoms with van der Waals surface area (Å²) >= 11 is 1.30. The van der Waals surface area contributed by atoms with Crippen molar-refractivity contribution in [1.29, 1.82) is 0 Å². The molecule has 0 aliphatic rings. The van der Waals surface area contributed by atoms with E-state index in [2.05, 4.69) is 25.0 Å². The van der Waals surface area contributed by atoms with Crippen LogP contribution in [0.1, 0.15) is 26.8 Å². The number of carbonyl (C=O) groups is 1. The van der Waals surface area contributed by atoms with Crippen molar-refractivity contribution in [3.63, 3.8) is 0 Å². The summed E-state index contributed by atoms with van der Waals surface area (Å²) in [5.74, 6) is -0.278. The van der Waals surface area contributed by atoms with Gasteiger partial charge in [-0.1, -0.05) is 41.7 Å². The fourth-order valence-corrected chi connectivity index (χ4v) is 5.71. The van der Waals surface area contributed by atoms with E-state index in [-0.39, 0.29) is 16.8 Å². The predicted octanol–water partition coefficient (Wildman–Crippen LogP) is 4.83. The van der Waals surface area contributed by atoms with Gasteiger partial charge in [0, 0.05) is 34.5 Å². The van der Waals surface area contributed by atoms with Crippen LogP contribution < -0.4 is 10.0 Å². The SMILES string of the molecule is Cc1cc(C)nc(NS(=O)(=O)c2ccc(NC(=O)c3sc4nc(-c5ccccc5)cn4c3C)cc2)n1. The molecule has 0 saturated carbocycles. The average Bonchev–Trinajstić information content (AvgIpc) is 3.38. The van der Waals surface area contributed by atoms with Gasteiger partial charge < -0.3 is 5.32 Å². The minimum Gasteiger partial charge on any atom is -0.321 e. The van der Waals surface area contributed by atoms with Gasteiger partial charge in [0.1, 0.15) is 4.88 Å². The molecule has 0 radical (unpaired) electrons. The van der Waals surface area contributed by atoms with Crippen LogP contribution in [0.15, 0.2) is 71.8 Å². The summed E-state index contributed by atoms with van der Waals surface area (Å²) in [7, 11) is -3.89. The fourth-order valence-electron chi connectivity index (χ4n) is 3.76. The number of carbonyl (C=O) groups excluding carboxylic acids is 1. The molecule has 3 heterocycles. The van der Waals surface area contributed by atoms with Crippen molar-refractivity contribution in [1.82, 2.24) is 19.4 Å². The highest BCUT2D eigenvalue weighted by Gasteiger charge is 2.20. The Balaban J connectivity index is 1.32. The number of nitrogens with zero attached hydrogens (tertiary/aromatic N) is 4. The highest BCUT2D eigenvalue weighted by Crippen LogP contribution is 2.28. The second kappa shape index (κ2) is 9.17. The lowest BCUT2D eigenvalue weighted by Gasteiger charge is -2.09. The number of benzene rings is 2. The lowest BCUT2D eigenvalue weighted by molar-refractivity contribution is 0.102. The predicted molar refractivity (Wildman–Crippen MR) is 140 cm³/mol. The van der Waals surface area contributed by atoms with Crippen LogP contribution in [0.5, 0.6) is 0 Å². The molecule has 3 aromatic heterocycles. The molecule has 182 valence electrons. The summed E-state index contributed by atoms with van der Waals surface area (Å²) in [6.07, 6.45) is 1.92. The number of thiazole rings is 1. The van der Waals surface area contributed by atoms with Crippen molar-refractivity contribution >= 4 is 43.9 Å². The van der Waals surface area contributed by atoms with E-state index >= 15 is 0 Å². The third-order valence-corrected chi connectivity index (χ3v) is 7.96. The van der Waals surface area contributed by atoms with Gasteiger partial charge in [0.25, 0.3) is 15.9 Å².